The molecule has 0 radical (unpaired) electrons. The quantitative estimate of drug-likeness (QED) is 0.667. The minimum atomic E-state index is -0.0369. The van der Waals surface area contributed by atoms with E-state index in [-0.39, 0.29) is 5.60 Å². The third-order valence-corrected chi connectivity index (χ3v) is 2.18. The largest absolute Gasteiger partial charge is 0.378 e. The predicted molar refractivity (Wildman–Crippen MR) is 48.3 cm³/mol. The molecule has 3 heteroatoms. The van der Waals surface area contributed by atoms with Crippen LogP contribution in [-0.4, -0.2) is 39.0 Å². The average molecular weight is 173 g/mol. The lowest BCUT2D eigenvalue weighted by Gasteiger charge is -2.27. The highest BCUT2D eigenvalue weighted by Crippen LogP contribution is 2.22. The molecule has 12 heavy (non-hydrogen) atoms. The second-order valence-electron chi connectivity index (χ2n) is 3.36. The Labute approximate surface area is 74.4 Å². The molecular weight excluding hydrogens is 154 g/mol. The molecule has 1 saturated heterocycles. The Morgan fingerprint density at radius 3 is 2.92 bits per heavy atom. The molecule has 1 rings (SSSR count). The summed E-state index contributed by atoms with van der Waals surface area (Å²) in [4.78, 5) is 0. The summed E-state index contributed by atoms with van der Waals surface area (Å²) >= 11 is 0. The van der Waals surface area contributed by atoms with Crippen molar-refractivity contribution in [3.8, 4) is 0 Å². The van der Waals surface area contributed by atoms with Gasteiger partial charge in [-0.25, -0.2) is 0 Å². The Kier molecular flexibility index (Phi) is 3.98. The molecule has 1 aliphatic heterocycles. The first-order valence-corrected chi connectivity index (χ1v) is 4.69. The topological polar surface area (TPSA) is 30.5 Å². The van der Waals surface area contributed by atoms with Crippen molar-refractivity contribution >= 4 is 0 Å². The van der Waals surface area contributed by atoms with Crippen LogP contribution in [0.1, 0.15) is 19.8 Å². The van der Waals surface area contributed by atoms with Gasteiger partial charge in [0.15, 0.2) is 0 Å². The van der Waals surface area contributed by atoms with Crippen LogP contribution in [-0.2, 0) is 9.47 Å². The summed E-state index contributed by atoms with van der Waals surface area (Å²) in [7, 11) is 1.95. The van der Waals surface area contributed by atoms with Gasteiger partial charge in [0, 0.05) is 26.2 Å². The van der Waals surface area contributed by atoms with Crippen LogP contribution in [0.3, 0.4) is 0 Å². The third kappa shape index (κ3) is 2.44. The molecule has 0 saturated carbocycles. The van der Waals surface area contributed by atoms with Gasteiger partial charge in [0.1, 0.15) is 5.60 Å². The van der Waals surface area contributed by atoms with Gasteiger partial charge >= 0.3 is 0 Å². The van der Waals surface area contributed by atoms with Crippen LogP contribution in [0, 0.1) is 0 Å². The zero-order valence-corrected chi connectivity index (χ0v) is 8.06. The molecule has 72 valence electrons. The standard InChI is InChI=1S/C9H19NO2/c1-3-5-12-9(7-10-2)4-6-11-8-9/h10H,3-8H2,1-2H3. The summed E-state index contributed by atoms with van der Waals surface area (Å²) in [6, 6.07) is 0. The summed E-state index contributed by atoms with van der Waals surface area (Å²) in [5.74, 6) is 0. The first-order valence-electron chi connectivity index (χ1n) is 4.69. The zero-order chi connectivity index (χ0) is 8.86. The smallest absolute Gasteiger partial charge is 0.106 e. The molecule has 1 unspecified atom stereocenters. The fourth-order valence-corrected chi connectivity index (χ4v) is 1.53. The van der Waals surface area contributed by atoms with Crippen LogP contribution in [0.2, 0.25) is 0 Å². The van der Waals surface area contributed by atoms with E-state index in [2.05, 4.69) is 12.2 Å². The number of likely N-dealkylation sites (N-methyl/N-ethyl adjacent to an activating group) is 1. The number of hydrogen-bond donors (Lipinski definition) is 1. The maximum absolute atomic E-state index is 5.79. The van der Waals surface area contributed by atoms with Crippen molar-refractivity contribution < 1.29 is 9.47 Å². The van der Waals surface area contributed by atoms with Gasteiger partial charge in [-0.3, -0.25) is 0 Å². The van der Waals surface area contributed by atoms with Crippen molar-refractivity contribution in [2.75, 3.05) is 33.4 Å². The lowest BCUT2D eigenvalue weighted by Crippen LogP contribution is -2.42. The summed E-state index contributed by atoms with van der Waals surface area (Å²) < 4.78 is 11.1. The Morgan fingerprint density at radius 2 is 2.42 bits per heavy atom. The van der Waals surface area contributed by atoms with E-state index in [1.807, 2.05) is 7.05 Å². The molecule has 0 spiro atoms. The Hall–Kier alpha value is -0.120. The minimum absolute atomic E-state index is 0.0369. The van der Waals surface area contributed by atoms with Gasteiger partial charge in [0.25, 0.3) is 0 Å². The van der Waals surface area contributed by atoms with Crippen LogP contribution in [0.15, 0.2) is 0 Å². The highest BCUT2D eigenvalue weighted by atomic mass is 16.6. The summed E-state index contributed by atoms with van der Waals surface area (Å²) in [5.41, 5.74) is -0.0369. The van der Waals surface area contributed by atoms with Crippen molar-refractivity contribution in [3.05, 3.63) is 0 Å². The van der Waals surface area contributed by atoms with Gasteiger partial charge in [-0.1, -0.05) is 6.92 Å². The molecular formula is C9H19NO2. The molecule has 0 aromatic heterocycles. The molecule has 1 N–H and O–H groups in total. The summed E-state index contributed by atoms with van der Waals surface area (Å²) in [6.45, 7) is 5.44. The lowest BCUT2D eigenvalue weighted by atomic mass is 10.0. The molecule has 1 fully saturated rings. The summed E-state index contributed by atoms with van der Waals surface area (Å²) in [6.07, 6.45) is 2.10. The van der Waals surface area contributed by atoms with E-state index in [0.29, 0.717) is 0 Å². The fourth-order valence-electron chi connectivity index (χ4n) is 1.53. The molecule has 0 aliphatic carbocycles. The van der Waals surface area contributed by atoms with E-state index in [0.717, 1.165) is 39.2 Å². The molecule has 0 amide bonds. The Morgan fingerprint density at radius 1 is 1.58 bits per heavy atom. The van der Waals surface area contributed by atoms with E-state index >= 15 is 0 Å². The van der Waals surface area contributed by atoms with Crippen LogP contribution >= 0.6 is 0 Å². The molecule has 0 aromatic carbocycles. The maximum Gasteiger partial charge on any atom is 0.106 e. The zero-order valence-electron chi connectivity index (χ0n) is 8.06. The van der Waals surface area contributed by atoms with Crippen molar-refractivity contribution in [3.63, 3.8) is 0 Å². The van der Waals surface area contributed by atoms with E-state index in [4.69, 9.17) is 9.47 Å². The SMILES string of the molecule is CCCOC1(CNC)CCOC1. The number of rotatable bonds is 5. The molecule has 0 aromatic rings. The first-order chi connectivity index (χ1) is 5.83. The normalized spacial score (nSPS) is 29.5. The monoisotopic (exact) mass is 173 g/mol. The summed E-state index contributed by atoms with van der Waals surface area (Å²) in [5, 5.41) is 3.15. The minimum Gasteiger partial charge on any atom is -0.378 e. The van der Waals surface area contributed by atoms with Gasteiger partial charge in [-0.2, -0.15) is 0 Å². The van der Waals surface area contributed by atoms with Crippen molar-refractivity contribution in [1.82, 2.24) is 5.32 Å². The van der Waals surface area contributed by atoms with E-state index < -0.39 is 0 Å². The van der Waals surface area contributed by atoms with Crippen molar-refractivity contribution in [2.24, 2.45) is 0 Å². The number of hydrogen-bond acceptors (Lipinski definition) is 3. The molecule has 0 bridgehead atoms. The number of nitrogens with one attached hydrogen (secondary N) is 1. The van der Waals surface area contributed by atoms with Gasteiger partial charge in [0.2, 0.25) is 0 Å². The second-order valence-corrected chi connectivity index (χ2v) is 3.36. The van der Waals surface area contributed by atoms with Gasteiger partial charge in [-0.15, -0.1) is 0 Å². The molecule has 1 heterocycles. The predicted octanol–water partition coefficient (Wildman–Crippen LogP) is 0.791. The highest BCUT2D eigenvalue weighted by molar-refractivity contribution is 4.86. The van der Waals surface area contributed by atoms with Crippen LogP contribution < -0.4 is 5.32 Å². The first kappa shape index (κ1) is 9.96. The van der Waals surface area contributed by atoms with E-state index in [9.17, 15) is 0 Å². The highest BCUT2D eigenvalue weighted by Gasteiger charge is 2.34. The van der Waals surface area contributed by atoms with E-state index in [1.54, 1.807) is 0 Å². The Balaban J connectivity index is 2.35. The van der Waals surface area contributed by atoms with Gasteiger partial charge < -0.3 is 14.8 Å². The van der Waals surface area contributed by atoms with Gasteiger partial charge in [0.05, 0.1) is 6.61 Å². The van der Waals surface area contributed by atoms with Crippen LogP contribution in [0.5, 0.6) is 0 Å². The molecule has 3 nitrogen and oxygen atoms in total. The number of ether oxygens (including phenoxy) is 2. The van der Waals surface area contributed by atoms with E-state index in [1.165, 1.54) is 0 Å². The van der Waals surface area contributed by atoms with Crippen LogP contribution in [0.4, 0.5) is 0 Å². The lowest BCUT2D eigenvalue weighted by molar-refractivity contribution is -0.0465. The maximum atomic E-state index is 5.79. The van der Waals surface area contributed by atoms with Crippen molar-refractivity contribution in [2.45, 2.75) is 25.4 Å². The molecule has 1 atom stereocenters. The third-order valence-electron chi connectivity index (χ3n) is 2.18. The fraction of sp³-hybridized carbons (Fsp3) is 1.00. The van der Waals surface area contributed by atoms with Gasteiger partial charge in [-0.05, 0) is 13.5 Å². The van der Waals surface area contributed by atoms with Crippen LogP contribution in [0.25, 0.3) is 0 Å². The Bertz CT molecular complexity index is 122. The second kappa shape index (κ2) is 4.80. The van der Waals surface area contributed by atoms with Crippen molar-refractivity contribution in [1.29, 1.82) is 0 Å². The molecule has 1 aliphatic rings. The average Bonchev–Trinajstić information content (AvgIpc) is 2.51.